The van der Waals surface area contributed by atoms with Gasteiger partial charge in [-0.05, 0) is 31.4 Å². The van der Waals surface area contributed by atoms with Gasteiger partial charge in [-0.1, -0.05) is 30.3 Å². The third kappa shape index (κ3) is 6.71. The molecule has 17 heavy (non-hydrogen) atoms. The lowest BCUT2D eigenvalue weighted by Crippen LogP contribution is -2.25. The Morgan fingerprint density at radius 3 is 2.59 bits per heavy atom. The van der Waals surface area contributed by atoms with Crippen LogP contribution in [0.15, 0.2) is 30.3 Å². The van der Waals surface area contributed by atoms with Crippen molar-refractivity contribution in [1.29, 1.82) is 0 Å². The van der Waals surface area contributed by atoms with Gasteiger partial charge in [-0.15, -0.1) is 0 Å². The summed E-state index contributed by atoms with van der Waals surface area (Å²) >= 11 is 0. The van der Waals surface area contributed by atoms with Crippen LogP contribution in [0.5, 0.6) is 0 Å². The number of benzene rings is 1. The molecule has 4 nitrogen and oxygen atoms in total. The average molecular weight is 236 g/mol. The van der Waals surface area contributed by atoms with Gasteiger partial charge in [0.15, 0.2) is 0 Å². The summed E-state index contributed by atoms with van der Waals surface area (Å²) in [6, 6.07) is 10.4. The summed E-state index contributed by atoms with van der Waals surface area (Å²) in [5.74, 6) is -0.346. The molecule has 0 heterocycles. The number of amides is 1. The highest BCUT2D eigenvalue weighted by atomic mass is 16.5. The molecule has 4 heteroatoms. The molecule has 3 N–H and O–H groups in total. The number of hydroxylamine groups is 1. The van der Waals surface area contributed by atoms with Gasteiger partial charge in [-0.2, -0.15) is 0 Å². The summed E-state index contributed by atoms with van der Waals surface area (Å²) in [7, 11) is 0. The molecule has 0 aliphatic rings. The van der Waals surface area contributed by atoms with Gasteiger partial charge in [0, 0.05) is 13.0 Å². The van der Waals surface area contributed by atoms with E-state index in [0.717, 1.165) is 25.8 Å². The van der Waals surface area contributed by atoms with E-state index in [1.54, 1.807) is 5.48 Å². The summed E-state index contributed by atoms with van der Waals surface area (Å²) in [6.07, 6.45) is 3.65. The molecule has 94 valence electrons. The van der Waals surface area contributed by atoms with Gasteiger partial charge >= 0.3 is 0 Å². The van der Waals surface area contributed by atoms with Crippen LogP contribution in [0, 0.1) is 0 Å². The Kier molecular flexibility index (Phi) is 7.02. The zero-order valence-electron chi connectivity index (χ0n) is 9.98. The molecule has 0 saturated heterocycles. The van der Waals surface area contributed by atoms with Gasteiger partial charge in [0.2, 0.25) is 5.91 Å². The number of aryl methyl sites for hydroxylation is 1. The van der Waals surface area contributed by atoms with Crippen molar-refractivity contribution in [3.63, 3.8) is 0 Å². The number of hydrogen-bond donors (Lipinski definition) is 3. The van der Waals surface area contributed by atoms with Gasteiger partial charge < -0.3 is 5.32 Å². The first-order chi connectivity index (χ1) is 8.33. The second kappa shape index (κ2) is 8.73. The lowest BCUT2D eigenvalue weighted by atomic mass is 10.1. The summed E-state index contributed by atoms with van der Waals surface area (Å²) < 4.78 is 0. The van der Waals surface area contributed by atoms with E-state index >= 15 is 0 Å². The monoisotopic (exact) mass is 236 g/mol. The number of carbonyl (C=O) groups is 1. The second-order valence-corrected chi connectivity index (χ2v) is 3.98. The normalized spacial score (nSPS) is 10.2. The van der Waals surface area contributed by atoms with E-state index in [9.17, 15) is 4.79 Å². The molecule has 0 bridgehead atoms. The van der Waals surface area contributed by atoms with Crippen LogP contribution in [-0.2, 0) is 11.2 Å². The topological polar surface area (TPSA) is 61.4 Å². The molecular formula is C13H20N2O2. The Morgan fingerprint density at radius 2 is 1.88 bits per heavy atom. The van der Waals surface area contributed by atoms with Crippen molar-refractivity contribution < 1.29 is 10.0 Å². The molecule has 0 fully saturated rings. The largest absolute Gasteiger partial charge is 0.316 e. The quantitative estimate of drug-likeness (QED) is 0.364. The third-order valence-corrected chi connectivity index (χ3v) is 2.57. The lowest BCUT2D eigenvalue weighted by molar-refractivity contribution is -0.129. The van der Waals surface area contributed by atoms with Crippen LogP contribution in [0.2, 0.25) is 0 Å². The maximum Gasteiger partial charge on any atom is 0.244 e. The van der Waals surface area contributed by atoms with Crippen LogP contribution in [0.25, 0.3) is 0 Å². The summed E-state index contributed by atoms with van der Waals surface area (Å²) in [5.41, 5.74) is 2.98. The Hall–Kier alpha value is -1.39. The van der Waals surface area contributed by atoms with E-state index in [1.165, 1.54) is 5.56 Å². The number of nitrogens with one attached hydrogen (secondary N) is 2. The van der Waals surface area contributed by atoms with Crippen molar-refractivity contribution in [3.8, 4) is 0 Å². The van der Waals surface area contributed by atoms with Crippen LogP contribution < -0.4 is 10.8 Å². The first-order valence-electron chi connectivity index (χ1n) is 6.00. The molecule has 1 aromatic rings. The van der Waals surface area contributed by atoms with Crippen LogP contribution >= 0.6 is 0 Å². The van der Waals surface area contributed by atoms with Crippen molar-refractivity contribution in [1.82, 2.24) is 10.8 Å². The number of hydrogen-bond acceptors (Lipinski definition) is 3. The predicted octanol–water partition coefficient (Wildman–Crippen LogP) is 1.49. The Labute approximate surface area is 102 Å². The second-order valence-electron chi connectivity index (χ2n) is 3.98. The highest BCUT2D eigenvalue weighted by molar-refractivity contribution is 5.74. The van der Waals surface area contributed by atoms with Crippen molar-refractivity contribution in [2.75, 3.05) is 13.1 Å². The molecule has 0 unspecified atom stereocenters. The molecule has 0 spiro atoms. The van der Waals surface area contributed by atoms with Gasteiger partial charge in [-0.25, -0.2) is 5.48 Å². The maximum atomic E-state index is 10.7. The first kappa shape index (κ1) is 13.7. The van der Waals surface area contributed by atoms with Crippen molar-refractivity contribution in [2.24, 2.45) is 0 Å². The summed E-state index contributed by atoms with van der Waals surface area (Å²) in [5, 5.41) is 11.4. The van der Waals surface area contributed by atoms with Gasteiger partial charge in [0.25, 0.3) is 0 Å². The third-order valence-electron chi connectivity index (χ3n) is 2.57. The smallest absolute Gasteiger partial charge is 0.244 e. The molecule has 0 atom stereocenters. The minimum atomic E-state index is -0.346. The van der Waals surface area contributed by atoms with Crippen molar-refractivity contribution in [3.05, 3.63) is 35.9 Å². The molecule has 0 aliphatic heterocycles. The molecule has 0 aliphatic carbocycles. The number of carbonyl (C=O) groups excluding carboxylic acids is 1. The maximum absolute atomic E-state index is 10.7. The fourth-order valence-corrected chi connectivity index (χ4v) is 1.61. The molecule has 0 radical (unpaired) electrons. The SMILES string of the molecule is O=C(CCNCCCCc1ccccc1)NO. The van der Waals surface area contributed by atoms with E-state index in [-0.39, 0.29) is 5.91 Å². The van der Waals surface area contributed by atoms with Gasteiger partial charge in [-0.3, -0.25) is 10.0 Å². The minimum absolute atomic E-state index is 0.315. The highest BCUT2D eigenvalue weighted by Crippen LogP contribution is 2.03. The molecule has 1 amide bonds. The highest BCUT2D eigenvalue weighted by Gasteiger charge is 1.97. The minimum Gasteiger partial charge on any atom is -0.316 e. The zero-order valence-corrected chi connectivity index (χ0v) is 9.98. The van der Waals surface area contributed by atoms with E-state index in [4.69, 9.17) is 5.21 Å². The Balaban J connectivity index is 1.93. The van der Waals surface area contributed by atoms with Gasteiger partial charge in [0.1, 0.15) is 0 Å². The van der Waals surface area contributed by atoms with Crippen molar-refractivity contribution >= 4 is 5.91 Å². The summed E-state index contributed by atoms with van der Waals surface area (Å²) in [6.45, 7) is 1.52. The molecule has 1 aromatic carbocycles. The standard InChI is InChI=1S/C13H20N2O2/c16-13(15-17)9-11-14-10-5-4-8-12-6-2-1-3-7-12/h1-3,6-7,14,17H,4-5,8-11H2,(H,15,16). The van der Waals surface area contributed by atoms with Crippen molar-refractivity contribution in [2.45, 2.75) is 25.7 Å². The van der Waals surface area contributed by atoms with E-state index < -0.39 is 0 Å². The summed E-state index contributed by atoms with van der Waals surface area (Å²) in [4.78, 5) is 10.7. The number of unbranched alkanes of at least 4 members (excludes halogenated alkanes) is 1. The van der Waals surface area contributed by atoms with Crippen LogP contribution in [0.4, 0.5) is 0 Å². The van der Waals surface area contributed by atoms with Crippen LogP contribution in [0.1, 0.15) is 24.8 Å². The molecular weight excluding hydrogens is 216 g/mol. The predicted molar refractivity (Wildman–Crippen MR) is 66.8 cm³/mol. The van der Waals surface area contributed by atoms with E-state index in [1.807, 2.05) is 6.07 Å². The fraction of sp³-hybridized carbons (Fsp3) is 0.462. The zero-order chi connectivity index (χ0) is 12.3. The van der Waals surface area contributed by atoms with Crippen LogP contribution in [-0.4, -0.2) is 24.2 Å². The lowest BCUT2D eigenvalue weighted by Gasteiger charge is -2.04. The van der Waals surface area contributed by atoms with E-state index in [0.29, 0.717) is 13.0 Å². The van der Waals surface area contributed by atoms with E-state index in [2.05, 4.69) is 29.6 Å². The number of rotatable bonds is 8. The molecule has 0 saturated carbocycles. The molecule has 1 rings (SSSR count). The van der Waals surface area contributed by atoms with Crippen LogP contribution in [0.3, 0.4) is 0 Å². The fourth-order valence-electron chi connectivity index (χ4n) is 1.61. The Morgan fingerprint density at radius 1 is 1.12 bits per heavy atom. The van der Waals surface area contributed by atoms with Gasteiger partial charge in [0.05, 0.1) is 0 Å². The Bertz CT molecular complexity index is 314. The first-order valence-corrected chi connectivity index (χ1v) is 6.00. The molecule has 0 aromatic heterocycles. The average Bonchev–Trinajstić information content (AvgIpc) is 2.38.